The van der Waals surface area contributed by atoms with E-state index in [9.17, 15) is 9.18 Å². The molecule has 0 aliphatic carbocycles. The van der Waals surface area contributed by atoms with Crippen LogP contribution in [0, 0.1) is 5.82 Å². The summed E-state index contributed by atoms with van der Waals surface area (Å²) < 4.78 is 12.9. The van der Waals surface area contributed by atoms with Gasteiger partial charge in [-0.1, -0.05) is 12.1 Å². The number of benzene rings is 1. The van der Waals surface area contributed by atoms with Gasteiger partial charge >= 0.3 is 6.03 Å². The second-order valence-electron chi connectivity index (χ2n) is 3.63. The molecule has 1 rings (SSSR count). The van der Waals surface area contributed by atoms with E-state index in [-0.39, 0.29) is 11.9 Å². The molecule has 2 amide bonds. The van der Waals surface area contributed by atoms with Crippen molar-refractivity contribution in [3.05, 3.63) is 35.6 Å². The maximum absolute atomic E-state index is 12.9. The number of hydrogen-bond acceptors (Lipinski definition) is 1. The molecule has 0 heterocycles. The van der Waals surface area contributed by atoms with E-state index in [0.717, 1.165) is 5.56 Å². The van der Waals surface area contributed by atoms with Gasteiger partial charge in [-0.25, -0.2) is 9.18 Å². The van der Waals surface area contributed by atoms with Crippen molar-refractivity contribution in [1.29, 1.82) is 0 Å². The molecule has 0 aliphatic heterocycles. The summed E-state index contributed by atoms with van der Waals surface area (Å²) in [5.41, 5.74) is 5.99. The van der Waals surface area contributed by atoms with Crippen LogP contribution < -0.4 is 5.73 Å². The summed E-state index contributed by atoms with van der Waals surface area (Å²) in [7, 11) is 1.63. The second-order valence-corrected chi connectivity index (χ2v) is 3.63. The van der Waals surface area contributed by atoms with E-state index >= 15 is 0 Å². The molecule has 0 saturated heterocycles. The third-order valence-corrected chi connectivity index (χ3v) is 2.43. The number of nitrogens with zero attached hydrogens (tertiary/aromatic N) is 1. The number of halogens is 1. The zero-order chi connectivity index (χ0) is 11.4. The molecule has 1 unspecified atom stereocenters. The number of likely N-dealkylation sites (N-methyl/N-ethyl adjacent to an activating group) is 1. The summed E-state index contributed by atoms with van der Waals surface area (Å²) in [5.74, 6) is -0.263. The van der Waals surface area contributed by atoms with Gasteiger partial charge in [0, 0.05) is 13.1 Å². The Kier molecular flexibility index (Phi) is 3.66. The Labute approximate surface area is 88.7 Å². The predicted octanol–water partition coefficient (Wildman–Crippen LogP) is 1.77. The highest BCUT2D eigenvalue weighted by molar-refractivity contribution is 5.71. The molecule has 0 aliphatic rings. The van der Waals surface area contributed by atoms with Crippen LogP contribution in [0.3, 0.4) is 0 Å². The molecule has 0 aromatic heterocycles. The summed E-state index contributed by atoms with van der Waals surface area (Å²) in [6.07, 6.45) is 0.594. The monoisotopic (exact) mass is 210 g/mol. The van der Waals surface area contributed by atoms with Crippen molar-refractivity contribution >= 4 is 6.03 Å². The largest absolute Gasteiger partial charge is 0.351 e. The first-order chi connectivity index (χ1) is 7.00. The summed E-state index contributed by atoms with van der Waals surface area (Å²) in [6, 6.07) is 5.83. The number of urea groups is 1. The van der Waals surface area contributed by atoms with Crippen LogP contribution in [0.25, 0.3) is 0 Å². The SMILES string of the molecule is CC(Cc1cccc(F)c1)N(C)C(N)=O. The first kappa shape index (κ1) is 11.5. The fourth-order valence-electron chi connectivity index (χ4n) is 1.36. The van der Waals surface area contributed by atoms with Gasteiger partial charge in [0.05, 0.1) is 0 Å². The zero-order valence-corrected chi connectivity index (χ0v) is 8.90. The van der Waals surface area contributed by atoms with Crippen molar-refractivity contribution < 1.29 is 9.18 Å². The average Bonchev–Trinajstić information content (AvgIpc) is 2.16. The van der Waals surface area contributed by atoms with Crippen LogP contribution in [-0.4, -0.2) is 24.0 Å². The maximum Gasteiger partial charge on any atom is 0.314 e. The minimum atomic E-state index is -0.473. The van der Waals surface area contributed by atoms with E-state index in [1.807, 2.05) is 13.0 Å². The molecule has 2 N–H and O–H groups in total. The molecule has 1 atom stereocenters. The molecule has 0 radical (unpaired) electrons. The molecule has 1 aromatic rings. The van der Waals surface area contributed by atoms with E-state index in [0.29, 0.717) is 6.42 Å². The molecule has 82 valence electrons. The van der Waals surface area contributed by atoms with Gasteiger partial charge in [-0.15, -0.1) is 0 Å². The Bertz CT molecular complexity index is 354. The molecule has 0 bridgehead atoms. The Balaban J connectivity index is 2.66. The molecule has 1 aromatic carbocycles. The molecule has 3 nitrogen and oxygen atoms in total. The van der Waals surface area contributed by atoms with Crippen molar-refractivity contribution in [2.24, 2.45) is 5.73 Å². The predicted molar refractivity (Wildman–Crippen MR) is 56.9 cm³/mol. The lowest BCUT2D eigenvalue weighted by Gasteiger charge is -2.22. The van der Waals surface area contributed by atoms with Gasteiger partial charge in [0.25, 0.3) is 0 Å². The number of primary amides is 1. The molecular formula is C11H15FN2O. The van der Waals surface area contributed by atoms with Gasteiger partial charge in [0.2, 0.25) is 0 Å². The Morgan fingerprint density at radius 2 is 2.27 bits per heavy atom. The number of rotatable bonds is 3. The van der Waals surface area contributed by atoms with Crippen molar-refractivity contribution in [3.63, 3.8) is 0 Å². The van der Waals surface area contributed by atoms with E-state index < -0.39 is 6.03 Å². The quantitative estimate of drug-likeness (QED) is 0.812. The van der Waals surface area contributed by atoms with E-state index in [2.05, 4.69) is 0 Å². The molecule has 0 saturated carbocycles. The van der Waals surface area contributed by atoms with Crippen LogP contribution >= 0.6 is 0 Å². The van der Waals surface area contributed by atoms with Crippen molar-refractivity contribution in [1.82, 2.24) is 4.90 Å². The van der Waals surface area contributed by atoms with Gasteiger partial charge in [0.15, 0.2) is 0 Å². The fraction of sp³-hybridized carbons (Fsp3) is 0.364. The molecule has 0 spiro atoms. The number of amides is 2. The number of nitrogens with two attached hydrogens (primary N) is 1. The third-order valence-electron chi connectivity index (χ3n) is 2.43. The lowest BCUT2D eigenvalue weighted by Crippen LogP contribution is -2.40. The van der Waals surface area contributed by atoms with Crippen LogP contribution in [0.15, 0.2) is 24.3 Å². The van der Waals surface area contributed by atoms with Gasteiger partial charge in [-0.2, -0.15) is 0 Å². The molecule has 4 heteroatoms. The first-order valence-corrected chi connectivity index (χ1v) is 4.77. The lowest BCUT2D eigenvalue weighted by molar-refractivity contribution is 0.203. The Morgan fingerprint density at radius 3 is 2.80 bits per heavy atom. The summed E-state index contributed by atoms with van der Waals surface area (Å²) in [5, 5.41) is 0. The van der Waals surface area contributed by atoms with E-state index in [1.165, 1.54) is 17.0 Å². The lowest BCUT2D eigenvalue weighted by atomic mass is 10.1. The second kappa shape index (κ2) is 4.77. The standard InChI is InChI=1S/C11H15FN2O/c1-8(14(2)11(13)15)6-9-4-3-5-10(12)7-9/h3-5,7-8H,6H2,1-2H3,(H2,13,15). The Hall–Kier alpha value is -1.58. The average molecular weight is 210 g/mol. The fourth-order valence-corrected chi connectivity index (χ4v) is 1.36. The number of carbonyl (C=O) groups excluding carboxylic acids is 1. The first-order valence-electron chi connectivity index (χ1n) is 4.77. The highest BCUT2D eigenvalue weighted by Gasteiger charge is 2.12. The summed E-state index contributed by atoms with van der Waals surface area (Å²) >= 11 is 0. The van der Waals surface area contributed by atoms with Crippen molar-refractivity contribution in [2.75, 3.05) is 7.05 Å². The van der Waals surface area contributed by atoms with Gasteiger partial charge in [0.1, 0.15) is 5.82 Å². The molecule has 15 heavy (non-hydrogen) atoms. The molecule has 0 fully saturated rings. The minimum absolute atomic E-state index is 0.0377. The van der Waals surface area contributed by atoms with Crippen LogP contribution in [0.2, 0.25) is 0 Å². The highest BCUT2D eigenvalue weighted by atomic mass is 19.1. The highest BCUT2D eigenvalue weighted by Crippen LogP contribution is 2.09. The summed E-state index contributed by atoms with van der Waals surface area (Å²) in [6.45, 7) is 1.87. The van der Waals surface area contributed by atoms with Crippen molar-refractivity contribution in [2.45, 2.75) is 19.4 Å². The van der Waals surface area contributed by atoms with Crippen molar-refractivity contribution in [3.8, 4) is 0 Å². The maximum atomic E-state index is 12.9. The van der Waals surface area contributed by atoms with Gasteiger partial charge in [-0.3, -0.25) is 0 Å². The van der Waals surface area contributed by atoms with E-state index in [4.69, 9.17) is 5.73 Å². The third kappa shape index (κ3) is 3.23. The van der Waals surface area contributed by atoms with Crippen LogP contribution in [0.5, 0.6) is 0 Å². The smallest absolute Gasteiger partial charge is 0.314 e. The van der Waals surface area contributed by atoms with Crippen LogP contribution in [0.1, 0.15) is 12.5 Å². The summed E-state index contributed by atoms with van der Waals surface area (Å²) in [4.78, 5) is 12.3. The topological polar surface area (TPSA) is 46.3 Å². The number of carbonyl (C=O) groups is 1. The zero-order valence-electron chi connectivity index (χ0n) is 8.90. The normalized spacial score (nSPS) is 12.2. The van der Waals surface area contributed by atoms with Gasteiger partial charge in [-0.05, 0) is 31.0 Å². The van der Waals surface area contributed by atoms with Gasteiger partial charge < -0.3 is 10.6 Å². The van der Waals surface area contributed by atoms with E-state index in [1.54, 1.807) is 13.1 Å². The van der Waals surface area contributed by atoms with Crippen LogP contribution in [-0.2, 0) is 6.42 Å². The Morgan fingerprint density at radius 1 is 1.60 bits per heavy atom. The number of hydrogen-bond donors (Lipinski definition) is 1. The molecular weight excluding hydrogens is 195 g/mol. The minimum Gasteiger partial charge on any atom is -0.351 e. The van der Waals surface area contributed by atoms with Crippen LogP contribution in [0.4, 0.5) is 9.18 Å².